The minimum atomic E-state index is -0.411. The average molecular weight is 266 g/mol. The van der Waals surface area contributed by atoms with Crippen LogP contribution in [0.4, 0.5) is 4.39 Å². The molecule has 1 aliphatic carbocycles. The Hall–Kier alpha value is -1.62. The van der Waals surface area contributed by atoms with Crippen LogP contribution in [0, 0.1) is 5.82 Å². The fourth-order valence-electron chi connectivity index (χ4n) is 2.39. The van der Waals surface area contributed by atoms with Crippen LogP contribution in [0.2, 0.25) is 0 Å². The second-order valence-electron chi connectivity index (χ2n) is 4.90. The van der Waals surface area contributed by atoms with E-state index in [2.05, 4.69) is 5.16 Å². The molecule has 1 aromatic carbocycles. The van der Waals surface area contributed by atoms with Gasteiger partial charge in [-0.3, -0.25) is 0 Å². The molecule has 3 N–H and O–H groups in total. The number of amidine groups is 1. The summed E-state index contributed by atoms with van der Waals surface area (Å²) in [5.74, 6) is -0.509. The molecule has 1 aliphatic rings. The molecule has 0 saturated heterocycles. The molecule has 19 heavy (non-hydrogen) atoms. The van der Waals surface area contributed by atoms with Gasteiger partial charge in [0, 0.05) is 5.56 Å². The second-order valence-corrected chi connectivity index (χ2v) is 4.90. The molecule has 4 nitrogen and oxygen atoms in total. The van der Waals surface area contributed by atoms with Crippen molar-refractivity contribution >= 4 is 5.84 Å². The number of benzene rings is 1. The molecule has 0 bridgehead atoms. The van der Waals surface area contributed by atoms with Gasteiger partial charge < -0.3 is 15.7 Å². The van der Waals surface area contributed by atoms with Crippen LogP contribution in [0.1, 0.15) is 43.2 Å². The van der Waals surface area contributed by atoms with Gasteiger partial charge in [-0.15, -0.1) is 0 Å². The summed E-state index contributed by atoms with van der Waals surface area (Å²) in [6.07, 6.45) is 6.08. The van der Waals surface area contributed by atoms with Gasteiger partial charge in [0.15, 0.2) is 5.84 Å². The lowest BCUT2D eigenvalue weighted by molar-refractivity contribution is 0.0167. The van der Waals surface area contributed by atoms with Crippen LogP contribution < -0.4 is 5.73 Å². The Balaban J connectivity index is 2.01. The van der Waals surface area contributed by atoms with E-state index in [9.17, 15) is 4.39 Å². The smallest absolute Gasteiger partial charge is 0.170 e. The van der Waals surface area contributed by atoms with Crippen LogP contribution in [-0.2, 0) is 11.3 Å². The third kappa shape index (κ3) is 3.92. The number of rotatable bonds is 4. The molecule has 0 heterocycles. The fraction of sp³-hybridized carbons (Fsp3) is 0.500. The van der Waals surface area contributed by atoms with Gasteiger partial charge in [0.25, 0.3) is 0 Å². The maximum Gasteiger partial charge on any atom is 0.170 e. The molecule has 0 amide bonds. The van der Waals surface area contributed by atoms with Crippen molar-refractivity contribution in [3.63, 3.8) is 0 Å². The van der Waals surface area contributed by atoms with E-state index in [0.717, 1.165) is 12.8 Å². The quantitative estimate of drug-likeness (QED) is 0.381. The van der Waals surface area contributed by atoms with Crippen LogP contribution in [0.25, 0.3) is 0 Å². The van der Waals surface area contributed by atoms with Crippen molar-refractivity contribution in [2.24, 2.45) is 10.9 Å². The highest BCUT2D eigenvalue weighted by atomic mass is 19.1. The summed E-state index contributed by atoms with van der Waals surface area (Å²) in [6, 6.07) is 4.33. The lowest BCUT2D eigenvalue weighted by atomic mass is 9.98. The standard InChI is InChI=1S/C14H19FN2O2/c15-12-7-10(6-11(8-12)14(16)17-18)9-19-13-4-2-1-3-5-13/h6-8,13,18H,1-5,9H2,(H2,16,17). The van der Waals surface area contributed by atoms with Gasteiger partial charge in [-0.25, -0.2) is 4.39 Å². The van der Waals surface area contributed by atoms with Gasteiger partial charge in [0.1, 0.15) is 5.82 Å². The Kier molecular flexibility index (Phi) is 4.74. The summed E-state index contributed by atoms with van der Waals surface area (Å²) in [6.45, 7) is 0.355. The van der Waals surface area contributed by atoms with E-state index in [4.69, 9.17) is 15.7 Å². The largest absolute Gasteiger partial charge is 0.409 e. The number of hydrogen-bond acceptors (Lipinski definition) is 3. The Labute approximate surface area is 112 Å². The highest BCUT2D eigenvalue weighted by Gasteiger charge is 2.14. The highest BCUT2D eigenvalue weighted by Crippen LogP contribution is 2.21. The zero-order valence-corrected chi connectivity index (χ0v) is 10.8. The van der Waals surface area contributed by atoms with E-state index >= 15 is 0 Å². The molecule has 1 aromatic rings. The number of hydrogen-bond donors (Lipinski definition) is 2. The average Bonchev–Trinajstić information content (AvgIpc) is 2.45. The first-order valence-electron chi connectivity index (χ1n) is 6.58. The first kappa shape index (κ1) is 13.8. The predicted molar refractivity (Wildman–Crippen MR) is 70.6 cm³/mol. The first-order chi connectivity index (χ1) is 9.19. The van der Waals surface area contributed by atoms with E-state index in [1.807, 2.05) is 0 Å². The van der Waals surface area contributed by atoms with Gasteiger partial charge in [-0.2, -0.15) is 0 Å². The monoisotopic (exact) mass is 266 g/mol. The van der Waals surface area contributed by atoms with E-state index in [1.165, 1.54) is 31.4 Å². The highest BCUT2D eigenvalue weighted by molar-refractivity contribution is 5.97. The number of halogens is 1. The lowest BCUT2D eigenvalue weighted by Crippen LogP contribution is -2.17. The zero-order chi connectivity index (χ0) is 13.7. The van der Waals surface area contributed by atoms with Crippen LogP contribution in [-0.4, -0.2) is 17.1 Å². The lowest BCUT2D eigenvalue weighted by Gasteiger charge is -2.22. The summed E-state index contributed by atoms with van der Waals surface area (Å²) in [4.78, 5) is 0. The molecule has 1 saturated carbocycles. The molecule has 0 spiro atoms. The third-order valence-electron chi connectivity index (χ3n) is 3.40. The zero-order valence-electron chi connectivity index (χ0n) is 10.8. The van der Waals surface area contributed by atoms with Gasteiger partial charge in [-0.1, -0.05) is 24.4 Å². The molecule has 104 valence electrons. The minimum Gasteiger partial charge on any atom is -0.409 e. The van der Waals surface area contributed by atoms with Gasteiger partial charge in [-0.05, 0) is 36.6 Å². The van der Waals surface area contributed by atoms with Crippen molar-refractivity contribution in [2.75, 3.05) is 0 Å². The fourth-order valence-corrected chi connectivity index (χ4v) is 2.39. The normalized spacial score (nSPS) is 17.6. The van der Waals surface area contributed by atoms with E-state index in [1.54, 1.807) is 6.07 Å². The maximum atomic E-state index is 13.4. The molecule has 0 aromatic heterocycles. The Morgan fingerprint density at radius 2 is 2.05 bits per heavy atom. The summed E-state index contributed by atoms with van der Waals surface area (Å²) in [5.41, 5.74) is 6.53. The summed E-state index contributed by atoms with van der Waals surface area (Å²) >= 11 is 0. The minimum absolute atomic E-state index is 0.0987. The van der Waals surface area contributed by atoms with Crippen molar-refractivity contribution in [2.45, 2.75) is 44.8 Å². The Morgan fingerprint density at radius 1 is 1.32 bits per heavy atom. The number of nitrogens with two attached hydrogens (primary N) is 1. The Morgan fingerprint density at radius 3 is 2.74 bits per heavy atom. The molecule has 0 radical (unpaired) electrons. The molecule has 0 aliphatic heterocycles. The second kappa shape index (κ2) is 6.52. The van der Waals surface area contributed by atoms with Crippen molar-refractivity contribution in [3.8, 4) is 0 Å². The number of nitrogens with zero attached hydrogens (tertiary/aromatic N) is 1. The summed E-state index contributed by atoms with van der Waals surface area (Å²) < 4.78 is 19.2. The van der Waals surface area contributed by atoms with Crippen LogP contribution in [0.15, 0.2) is 23.4 Å². The van der Waals surface area contributed by atoms with Crippen LogP contribution in [0.3, 0.4) is 0 Å². The summed E-state index contributed by atoms with van der Waals surface area (Å²) in [7, 11) is 0. The molecule has 5 heteroatoms. The molecule has 0 unspecified atom stereocenters. The maximum absolute atomic E-state index is 13.4. The summed E-state index contributed by atoms with van der Waals surface area (Å²) in [5, 5.41) is 11.5. The van der Waals surface area contributed by atoms with Crippen molar-refractivity contribution < 1.29 is 14.3 Å². The van der Waals surface area contributed by atoms with Crippen molar-refractivity contribution in [1.29, 1.82) is 0 Å². The SMILES string of the molecule is N/C(=N/O)c1cc(F)cc(COC2CCCCC2)c1. The number of ether oxygens (including phenoxy) is 1. The molecule has 1 fully saturated rings. The van der Waals surface area contributed by atoms with Crippen molar-refractivity contribution in [3.05, 3.63) is 35.1 Å². The molecular weight excluding hydrogens is 247 g/mol. The Bertz CT molecular complexity index is 457. The van der Waals surface area contributed by atoms with Crippen LogP contribution >= 0.6 is 0 Å². The topological polar surface area (TPSA) is 67.8 Å². The van der Waals surface area contributed by atoms with Gasteiger partial charge in [0.05, 0.1) is 12.7 Å². The van der Waals surface area contributed by atoms with E-state index < -0.39 is 5.82 Å². The first-order valence-corrected chi connectivity index (χ1v) is 6.58. The molecular formula is C14H19FN2O2. The molecule has 2 rings (SSSR count). The van der Waals surface area contributed by atoms with Gasteiger partial charge >= 0.3 is 0 Å². The predicted octanol–water partition coefficient (Wildman–Crippen LogP) is 2.77. The van der Waals surface area contributed by atoms with Crippen LogP contribution in [0.5, 0.6) is 0 Å². The van der Waals surface area contributed by atoms with Gasteiger partial charge in [0.2, 0.25) is 0 Å². The molecule has 0 atom stereocenters. The van der Waals surface area contributed by atoms with E-state index in [0.29, 0.717) is 17.7 Å². The van der Waals surface area contributed by atoms with Crippen molar-refractivity contribution in [1.82, 2.24) is 0 Å². The number of oxime groups is 1. The van der Waals surface area contributed by atoms with E-state index in [-0.39, 0.29) is 11.9 Å². The third-order valence-corrected chi connectivity index (χ3v) is 3.40.